The van der Waals surface area contributed by atoms with Crippen molar-refractivity contribution >= 4 is 15.5 Å². The summed E-state index contributed by atoms with van der Waals surface area (Å²) < 4.78 is 23.2. The van der Waals surface area contributed by atoms with Gasteiger partial charge in [0.1, 0.15) is 0 Å². The minimum absolute atomic E-state index is 0.0193. The molecule has 2 fully saturated rings. The molecule has 2 aliphatic heterocycles. The van der Waals surface area contributed by atoms with E-state index in [0.717, 1.165) is 52.1 Å². The van der Waals surface area contributed by atoms with Crippen molar-refractivity contribution < 1.29 is 18.9 Å². The van der Waals surface area contributed by atoms with Crippen molar-refractivity contribution in [3.63, 3.8) is 0 Å². The Bertz CT molecular complexity index is 557. The fourth-order valence-corrected chi connectivity index (χ4v) is 10.2. The van der Waals surface area contributed by atoms with E-state index in [-0.39, 0.29) is 28.0 Å². The summed E-state index contributed by atoms with van der Waals surface area (Å²) in [5, 5.41) is 3.30. The number of hydrogen-bond acceptors (Lipinski definition) is 4. The maximum atomic E-state index is 5.79. The van der Waals surface area contributed by atoms with Crippen LogP contribution in [0.25, 0.3) is 0 Å². The summed E-state index contributed by atoms with van der Waals surface area (Å²) >= 11 is 0. The van der Waals surface area contributed by atoms with Crippen LogP contribution < -0.4 is 0 Å². The second-order valence-corrected chi connectivity index (χ2v) is 13.4. The van der Waals surface area contributed by atoms with Gasteiger partial charge >= 0.3 is 0 Å². The van der Waals surface area contributed by atoms with Gasteiger partial charge in [0.2, 0.25) is 0 Å². The Labute approximate surface area is 173 Å². The first-order chi connectivity index (χ1) is 13.6. The predicted octanol–water partition coefficient (Wildman–Crippen LogP) is 5.69. The van der Waals surface area contributed by atoms with Crippen LogP contribution >= 0.6 is 15.5 Å². The minimum Gasteiger partial charge on any atom is -0.353 e. The van der Waals surface area contributed by atoms with E-state index in [4.69, 9.17) is 18.9 Å². The Balaban J connectivity index is 1.55. The summed E-state index contributed by atoms with van der Waals surface area (Å²) in [6.07, 6.45) is 9.33. The number of hydrogen-bond donors (Lipinski definition) is 0. The van der Waals surface area contributed by atoms with Gasteiger partial charge < -0.3 is 18.9 Å². The van der Waals surface area contributed by atoms with Gasteiger partial charge in [-0.3, -0.25) is 0 Å². The molecule has 0 bridgehead atoms. The fraction of sp³-hybridized carbons (Fsp3) is 0.818. The van der Waals surface area contributed by atoms with Crippen molar-refractivity contribution in [2.24, 2.45) is 0 Å². The van der Waals surface area contributed by atoms with Gasteiger partial charge in [-0.15, -0.1) is 15.5 Å². The molecule has 160 valence electrons. The second-order valence-electron chi connectivity index (χ2n) is 8.04. The van der Waals surface area contributed by atoms with E-state index in [1.54, 1.807) is 21.7 Å². The third-order valence-corrected chi connectivity index (χ3v) is 12.2. The first kappa shape index (κ1) is 22.7. The maximum absolute atomic E-state index is 5.79. The lowest BCUT2D eigenvalue weighted by molar-refractivity contribution is -0.178. The zero-order chi connectivity index (χ0) is 19.9. The smallest absolute Gasteiger partial charge is 0.157 e. The minimum atomic E-state index is -0.0787. The van der Waals surface area contributed by atoms with Crippen LogP contribution in [-0.2, 0) is 25.1 Å². The molecule has 0 aromatic carbocycles. The van der Waals surface area contributed by atoms with E-state index in [2.05, 4.69) is 27.7 Å². The predicted molar refractivity (Wildman–Crippen MR) is 119 cm³/mol. The molecule has 0 N–H and O–H groups in total. The molecule has 0 radical (unpaired) electrons. The van der Waals surface area contributed by atoms with Crippen molar-refractivity contribution in [1.29, 1.82) is 0 Å². The Hall–Kier alpha value is 0.0500. The van der Waals surface area contributed by atoms with E-state index in [1.807, 2.05) is 0 Å². The molecule has 3 rings (SSSR count). The highest BCUT2D eigenvalue weighted by atomic mass is 31.1. The SMILES string of the molecule is Cc1c(C)c(C)p(CCP(CCC2OCCCO2)CCC2OCCCO2)c1C. The van der Waals surface area contributed by atoms with Crippen LogP contribution in [0.5, 0.6) is 0 Å². The highest BCUT2D eigenvalue weighted by molar-refractivity contribution is 7.59. The van der Waals surface area contributed by atoms with Gasteiger partial charge in [0.25, 0.3) is 0 Å². The van der Waals surface area contributed by atoms with E-state index >= 15 is 0 Å². The Morgan fingerprint density at radius 1 is 0.714 bits per heavy atom. The molecule has 2 aliphatic rings. The number of rotatable bonds is 9. The normalized spacial score (nSPS) is 19.6. The molecule has 1 aromatic rings. The largest absolute Gasteiger partial charge is 0.353 e. The third kappa shape index (κ3) is 6.27. The topological polar surface area (TPSA) is 36.9 Å². The van der Waals surface area contributed by atoms with Crippen LogP contribution in [0.15, 0.2) is 0 Å². The Kier molecular flexibility index (Phi) is 9.29. The molecule has 0 atom stereocenters. The van der Waals surface area contributed by atoms with Gasteiger partial charge in [0, 0.05) is 12.8 Å². The van der Waals surface area contributed by atoms with Crippen LogP contribution in [0, 0.1) is 27.7 Å². The summed E-state index contributed by atoms with van der Waals surface area (Å²) in [7, 11) is -0.121. The molecule has 4 nitrogen and oxygen atoms in total. The highest BCUT2D eigenvalue weighted by Crippen LogP contribution is 2.49. The van der Waals surface area contributed by atoms with Crippen molar-refractivity contribution in [2.75, 3.05) is 44.9 Å². The summed E-state index contributed by atoms with van der Waals surface area (Å²) in [6, 6.07) is 0. The molecule has 0 amide bonds. The third-order valence-electron chi connectivity index (χ3n) is 6.25. The van der Waals surface area contributed by atoms with Gasteiger partial charge in [-0.05, 0) is 86.9 Å². The summed E-state index contributed by atoms with van der Waals surface area (Å²) in [6.45, 7) is 12.7. The van der Waals surface area contributed by atoms with E-state index in [1.165, 1.54) is 24.6 Å². The molecular formula is C22H38O4P2. The maximum Gasteiger partial charge on any atom is 0.157 e. The average molecular weight is 428 g/mol. The molecule has 28 heavy (non-hydrogen) atoms. The summed E-state index contributed by atoms with van der Waals surface area (Å²) in [4.78, 5) is 0. The van der Waals surface area contributed by atoms with Crippen molar-refractivity contribution in [3.05, 3.63) is 21.7 Å². The molecule has 0 aliphatic carbocycles. The van der Waals surface area contributed by atoms with Crippen LogP contribution in [0.1, 0.15) is 47.4 Å². The summed E-state index contributed by atoms with van der Waals surface area (Å²) in [5.74, 6) is 0. The van der Waals surface area contributed by atoms with Crippen LogP contribution in [-0.4, -0.2) is 57.5 Å². The van der Waals surface area contributed by atoms with Gasteiger partial charge in [-0.25, -0.2) is 0 Å². The molecule has 6 heteroatoms. The van der Waals surface area contributed by atoms with Gasteiger partial charge in [-0.1, -0.05) is 0 Å². The van der Waals surface area contributed by atoms with Crippen LogP contribution in [0.2, 0.25) is 0 Å². The lowest BCUT2D eigenvalue weighted by atomic mass is 10.2. The van der Waals surface area contributed by atoms with Crippen LogP contribution in [0.4, 0.5) is 0 Å². The quantitative estimate of drug-likeness (QED) is 0.473. The number of ether oxygens (including phenoxy) is 4. The Morgan fingerprint density at radius 2 is 1.14 bits per heavy atom. The lowest BCUT2D eigenvalue weighted by Crippen LogP contribution is -2.27. The van der Waals surface area contributed by atoms with Gasteiger partial charge in [0.15, 0.2) is 12.6 Å². The van der Waals surface area contributed by atoms with Crippen molar-refractivity contribution in [1.82, 2.24) is 0 Å². The monoisotopic (exact) mass is 428 g/mol. The van der Waals surface area contributed by atoms with Gasteiger partial charge in [0.05, 0.1) is 26.4 Å². The van der Waals surface area contributed by atoms with E-state index in [0.29, 0.717) is 0 Å². The van der Waals surface area contributed by atoms with E-state index < -0.39 is 0 Å². The molecule has 0 saturated carbocycles. The Morgan fingerprint density at radius 3 is 1.57 bits per heavy atom. The molecule has 0 unspecified atom stereocenters. The first-order valence-corrected chi connectivity index (χ1v) is 14.3. The molecule has 1 aromatic heterocycles. The average Bonchev–Trinajstić information content (AvgIpc) is 2.92. The zero-order valence-corrected chi connectivity index (χ0v) is 20.0. The second kappa shape index (κ2) is 11.4. The first-order valence-electron chi connectivity index (χ1n) is 10.9. The zero-order valence-electron chi connectivity index (χ0n) is 18.2. The molecule has 3 heterocycles. The van der Waals surface area contributed by atoms with Crippen LogP contribution in [0.3, 0.4) is 0 Å². The molecule has 0 spiro atoms. The molecule has 2 saturated heterocycles. The van der Waals surface area contributed by atoms with Crippen molar-refractivity contribution in [2.45, 2.75) is 72.1 Å². The fourth-order valence-electron chi connectivity index (χ4n) is 4.09. The molecular weight excluding hydrogens is 390 g/mol. The standard InChI is InChI=1S/C22H38O4P2/c1-17-18(2)20(4)28(19(17)3)16-15-27(13-7-21-23-9-5-10-24-21)14-8-22-25-11-6-12-26-22/h21-22H,5-16H2,1-4H3. The lowest BCUT2D eigenvalue weighted by Gasteiger charge is -2.28. The van der Waals surface area contributed by atoms with E-state index in [9.17, 15) is 0 Å². The van der Waals surface area contributed by atoms with Gasteiger partial charge in [-0.2, -0.15) is 0 Å². The highest BCUT2D eigenvalue weighted by Gasteiger charge is 2.21. The van der Waals surface area contributed by atoms with Crippen molar-refractivity contribution in [3.8, 4) is 0 Å². The summed E-state index contributed by atoms with van der Waals surface area (Å²) in [5.41, 5.74) is 3.09.